The summed E-state index contributed by atoms with van der Waals surface area (Å²) < 4.78 is 20.5. The number of guanidine groups is 1. The number of hydrogen-bond donors (Lipinski definition) is 1. The Labute approximate surface area is 186 Å². The summed E-state index contributed by atoms with van der Waals surface area (Å²) in [6.07, 6.45) is 4.83. The monoisotopic (exact) mass is 430 g/mol. The van der Waals surface area contributed by atoms with Crippen LogP contribution in [0.2, 0.25) is 0 Å². The van der Waals surface area contributed by atoms with Crippen LogP contribution in [0.5, 0.6) is 0 Å². The van der Waals surface area contributed by atoms with E-state index in [-0.39, 0.29) is 11.7 Å². The molecule has 6 nitrogen and oxygen atoms in total. The number of hydrogen-bond acceptors (Lipinski definition) is 6. The molecule has 1 spiro atoms. The van der Waals surface area contributed by atoms with Crippen LogP contribution in [0.1, 0.15) is 42.6 Å². The Morgan fingerprint density at radius 3 is 2.72 bits per heavy atom. The Morgan fingerprint density at radius 2 is 2.03 bits per heavy atom. The number of hydroxylamine groups is 2. The van der Waals surface area contributed by atoms with Gasteiger partial charge in [0.15, 0.2) is 0 Å². The maximum atomic E-state index is 13.9. The van der Waals surface area contributed by atoms with Crippen LogP contribution in [0.15, 0.2) is 71.2 Å². The molecule has 162 valence electrons. The Kier molecular flexibility index (Phi) is 4.66. The molecule has 3 aliphatic rings. The average molecular weight is 430 g/mol. The molecule has 1 aliphatic carbocycles. The van der Waals surface area contributed by atoms with E-state index in [1.807, 2.05) is 55.5 Å². The van der Waals surface area contributed by atoms with Crippen LogP contribution in [-0.2, 0) is 9.57 Å². The van der Waals surface area contributed by atoms with Crippen molar-refractivity contribution in [2.24, 2.45) is 10.7 Å². The third kappa shape index (κ3) is 3.20. The zero-order valence-electron chi connectivity index (χ0n) is 17.9. The molecule has 3 unspecified atom stereocenters. The maximum absolute atomic E-state index is 13.9. The number of rotatable bonds is 2. The molecule has 1 saturated heterocycles. The van der Waals surface area contributed by atoms with E-state index in [0.29, 0.717) is 18.8 Å². The van der Waals surface area contributed by atoms with Crippen LogP contribution >= 0.6 is 0 Å². The molecule has 1 fully saturated rings. The molecule has 2 aromatic carbocycles. The third-order valence-corrected chi connectivity index (χ3v) is 6.36. The van der Waals surface area contributed by atoms with Gasteiger partial charge in [0.05, 0.1) is 17.3 Å². The molecule has 32 heavy (non-hydrogen) atoms. The minimum atomic E-state index is -1.01. The molecule has 2 aromatic rings. The minimum absolute atomic E-state index is 0.00741. The number of halogens is 1. The first-order chi connectivity index (χ1) is 15.3. The Balaban J connectivity index is 1.60. The zero-order valence-corrected chi connectivity index (χ0v) is 17.9. The van der Waals surface area contributed by atoms with E-state index in [9.17, 15) is 9.65 Å². The molecule has 0 aromatic heterocycles. The van der Waals surface area contributed by atoms with Gasteiger partial charge < -0.3 is 10.5 Å². The van der Waals surface area contributed by atoms with Gasteiger partial charge in [-0.05, 0) is 48.3 Å². The summed E-state index contributed by atoms with van der Waals surface area (Å²) in [7, 11) is 1.73. The number of nitriles is 1. The van der Waals surface area contributed by atoms with Crippen LogP contribution in [0.25, 0.3) is 5.57 Å². The van der Waals surface area contributed by atoms with Gasteiger partial charge in [-0.1, -0.05) is 42.5 Å². The molecular formula is C25H23FN4O2. The van der Waals surface area contributed by atoms with Gasteiger partial charge in [0.1, 0.15) is 11.9 Å². The second kappa shape index (κ2) is 7.30. The van der Waals surface area contributed by atoms with Gasteiger partial charge in [0, 0.05) is 19.0 Å². The standard InChI is InChI=1S/C25H23FN4O2/c1-24-11-10-18(17-8-9-20(26)19(12-17)15-27)13-22(24)25(29-23(28)30(2)32-25)14-21(31-24)16-6-4-3-5-7-16/h3-10,12-13,21H,11,14H2,1-2H3,(H2,28,29). The molecule has 2 N–H and O–H groups in total. The largest absolute Gasteiger partial charge is 0.368 e. The molecule has 0 saturated carbocycles. The number of allylic oxidation sites excluding steroid dienone is 2. The second-order valence-electron chi connectivity index (χ2n) is 8.52. The summed E-state index contributed by atoms with van der Waals surface area (Å²) in [5, 5.41) is 10.7. The van der Waals surface area contributed by atoms with E-state index < -0.39 is 17.1 Å². The lowest BCUT2D eigenvalue weighted by atomic mass is 9.74. The lowest BCUT2D eigenvalue weighted by molar-refractivity contribution is -0.214. The van der Waals surface area contributed by atoms with E-state index in [2.05, 4.69) is 0 Å². The fraction of sp³-hybridized carbons (Fsp3) is 0.280. The SMILES string of the molecule is CN1OC2(CC(c3ccccc3)OC3(C)CC=C(c4ccc(F)c(C#N)c4)C=C32)N=C1N. The van der Waals surface area contributed by atoms with Gasteiger partial charge in [0.25, 0.3) is 0 Å². The van der Waals surface area contributed by atoms with Crippen molar-refractivity contribution in [2.45, 2.75) is 37.2 Å². The van der Waals surface area contributed by atoms with Crippen LogP contribution < -0.4 is 5.73 Å². The highest BCUT2D eigenvalue weighted by Gasteiger charge is 2.56. The Bertz CT molecular complexity index is 1220. The van der Waals surface area contributed by atoms with E-state index >= 15 is 0 Å². The molecule has 0 radical (unpaired) electrons. The van der Waals surface area contributed by atoms with E-state index in [1.54, 1.807) is 19.2 Å². The van der Waals surface area contributed by atoms with Gasteiger partial charge >= 0.3 is 0 Å². The van der Waals surface area contributed by atoms with Crippen molar-refractivity contribution in [3.05, 3.63) is 88.8 Å². The van der Waals surface area contributed by atoms with Crippen LogP contribution in [0.4, 0.5) is 4.39 Å². The Hall–Kier alpha value is -3.47. The second-order valence-corrected chi connectivity index (χ2v) is 8.52. The lowest BCUT2D eigenvalue weighted by Crippen LogP contribution is -2.52. The van der Waals surface area contributed by atoms with E-state index in [4.69, 9.17) is 20.3 Å². The minimum Gasteiger partial charge on any atom is -0.368 e. The zero-order chi connectivity index (χ0) is 22.5. The average Bonchev–Trinajstić information content (AvgIpc) is 3.07. The fourth-order valence-corrected chi connectivity index (χ4v) is 4.72. The molecule has 3 atom stereocenters. The number of aliphatic imine (C=N–C) groups is 1. The number of fused-ring (bicyclic) bond motifs is 2. The fourth-order valence-electron chi connectivity index (χ4n) is 4.72. The molecule has 5 rings (SSSR count). The highest BCUT2D eigenvalue weighted by molar-refractivity contribution is 5.81. The number of ether oxygens (including phenoxy) is 1. The van der Waals surface area contributed by atoms with E-state index in [1.165, 1.54) is 11.1 Å². The van der Waals surface area contributed by atoms with Gasteiger partial charge in [-0.25, -0.2) is 19.3 Å². The summed E-state index contributed by atoms with van der Waals surface area (Å²) in [6, 6.07) is 16.5. The first-order valence-corrected chi connectivity index (χ1v) is 10.5. The van der Waals surface area contributed by atoms with Crippen molar-refractivity contribution in [3.8, 4) is 6.07 Å². The number of benzene rings is 2. The van der Waals surface area contributed by atoms with Crippen molar-refractivity contribution in [1.82, 2.24) is 5.06 Å². The number of nitrogens with zero attached hydrogens (tertiary/aromatic N) is 3. The van der Waals surface area contributed by atoms with Gasteiger partial charge in [-0.15, -0.1) is 0 Å². The summed E-state index contributed by atoms with van der Waals surface area (Å²) in [5.41, 5.74) is 7.96. The van der Waals surface area contributed by atoms with Crippen molar-refractivity contribution in [2.75, 3.05) is 7.05 Å². The topological polar surface area (TPSA) is 83.9 Å². The quantitative estimate of drug-likeness (QED) is 0.771. The molecule has 2 aliphatic heterocycles. The van der Waals surface area contributed by atoms with E-state index in [0.717, 1.165) is 22.3 Å². The normalized spacial score (nSPS) is 29.1. The third-order valence-electron chi connectivity index (χ3n) is 6.36. The highest BCUT2D eigenvalue weighted by atomic mass is 19.1. The van der Waals surface area contributed by atoms with Crippen LogP contribution in [0.3, 0.4) is 0 Å². The maximum Gasteiger partial charge on any atom is 0.218 e. The highest BCUT2D eigenvalue weighted by Crippen LogP contribution is 2.54. The van der Waals surface area contributed by atoms with Crippen molar-refractivity contribution in [3.63, 3.8) is 0 Å². The first-order valence-electron chi connectivity index (χ1n) is 10.5. The van der Waals surface area contributed by atoms with Crippen LogP contribution in [0, 0.1) is 17.1 Å². The summed E-state index contributed by atoms with van der Waals surface area (Å²) in [4.78, 5) is 11.0. The molecular weight excluding hydrogens is 407 g/mol. The van der Waals surface area contributed by atoms with Crippen molar-refractivity contribution in [1.29, 1.82) is 5.26 Å². The number of nitrogens with two attached hydrogens (primary N) is 1. The Morgan fingerprint density at radius 1 is 1.25 bits per heavy atom. The summed E-state index contributed by atoms with van der Waals surface area (Å²) in [5.74, 6) is -0.238. The lowest BCUT2D eigenvalue weighted by Gasteiger charge is -2.49. The molecule has 7 heteroatoms. The van der Waals surface area contributed by atoms with Crippen molar-refractivity contribution < 1.29 is 14.0 Å². The van der Waals surface area contributed by atoms with Gasteiger partial charge in [-0.2, -0.15) is 5.26 Å². The predicted molar refractivity (Wildman–Crippen MR) is 118 cm³/mol. The molecule has 2 heterocycles. The molecule has 0 bridgehead atoms. The molecule has 0 amide bonds. The van der Waals surface area contributed by atoms with Crippen molar-refractivity contribution >= 4 is 11.5 Å². The van der Waals surface area contributed by atoms with Crippen LogP contribution in [-0.4, -0.2) is 29.4 Å². The summed E-state index contributed by atoms with van der Waals surface area (Å²) >= 11 is 0. The van der Waals surface area contributed by atoms with Gasteiger partial charge in [0.2, 0.25) is 11.7 Å². The first kappa shape index (κ1) is 20.4. The predicted octanol–water partition coefficient (Wildman–Crippen LogP) is 4.22. The summed E-state index contributed by atoms with van der Waals surface area (Å²) in [6.45, 7) is 2.03. The smallest absolute Gasteiger partial charge is 0.218 e. The van der Waals surface area contributed by atoms with Gasteiger partial charge in [-0.3, -0.25) is 0 Å².